The molecule has 1 amide bonds. The van der Waals surface area contributed by atoms with E-state index in [2.05, 4.69) is 32.3 Å². The van der Waals surface area contributed by atoms with E-state index in [1.54, 1.807) is 0 Å². The molecule has 308 valence electrons. The van der Waals surface area contributed by atoms with Gasteiger partial charge in [0.25, 0.3) is 5.92 Å². The summed E-state index contributed by atoms with van der Waals surface area (Å²) in [5.41, 5.74) is 4.43. The summed E-state index contributed by atoms with van der Waals surface area (Å²) in [5.74, 6) is -5.04. The van der Waals surface area contributed by atoms with Gasteiger partial charge in [0.2, 0.25) is 5.91 Å². The number of nitrogen functional groups attached to an aromatic ring is 1. The van der Waals surface area contributed by atoms with Crippen molar-refractivity contribution in [2.75, 3.05) is 18.5 Å². The summed E-state index contributed by atoms with van der Waals surface area (Å²) in [7, 11) is 0. The smallest absolute Gasteiger partial charge is 0.382 e. The molecule has 2 aromatic heterocycles. The highest BCUT2D eigenvalue weighted by Gasteiger charge is 2.76. The predicted octanol–water partition coefficient (Wildman–Crippen LogP) is 8.57. The number of alkyl halides is 8. The Labute approximate surface area is 333 Å². The summed E-state index contributed by atoms with van der Waals surface area (Å²) < 4.78 is 144. The van der Waals surface area contributed by atoms with Crippen LogP contribution in [0.2, 0.25) is 5.02 Å². The summed E-state index contributed by atoms with van der Waals surface area (Å²) >= 11 is 7.82. The van der Waals surface area contributed by atoms with E-state index >= 15 is 8.78 Å². The number of nitrogens with two attached hydrogens (primary N) is 1. The Bertz CT molecular complexity index is 2380. The number of halogens is 11. The maximum Gasteiger partial charge on any atom is 0.431 e. The Morgan fingerprint density at radius 1 is 1.07 bits per heavy atom. The predicted molar refractivity (Wildman–Crippen MR) is 198 cm³/mol. The lowest BCUT2D eigenvalue weighted by Gasteiger charge is -2.30. The van der Waals surface area contributed by atoms with Crippen molar-refractivity contribution in [2.45, 2.75) is 68.3 Å². The van der Waals surface area contributed by atoms with Gasteiger partial charge in [0.15, 0.2) is 5.82 Å². The van der Waals surface area contributed by atoms with E-state index in [9.17, 15) is 39.9 Å². The van der Waals surface area contributed by atoms with Crippen molar-refractivity contribution < 1.29 is 48.7 Å². The number of carbonyl (C=O) groups excluding carboxylic acids is 1. The highest BCUT2D eigenvalue weighted by Crippen LogP contribution is 2.66. The maximum atomic E-state index is 15.4. The molecule has 2 fully saturated rings. The van der Waals surface area contributed by atoms with Gasteiger partial charge in [-0.15, -0.1) is 11.8 Å². The molecule has 3 N–H and O–H groups in total. The molecule has 2 aliphatic carbocycles. The van der Waals surface area contributed by atoms with Crippen LogP contribution in [0.1, 0.15) is 43.3 Å². The number of carbonyl (C=O) groups is 1. The number of amides is 1. The standard InChI is InChI=1S/C38H32ClF10N7OS/c1-35(2,58-3)9-8-20-4-5-21(22-6-7-25(39)29-31(22)56(54-34(29)50)16-36(42,43)44)30(51-20)26(12-17-10-18(40)13-19(41)11-17)52-27(57)15-55-33-28(32(53-55)38(47,48)49)23-14-24(23)37(33,45)46/h4-7,10-11,13,23-24,26,28,33H,12,14-16H2,1-3H3,(H2,50,54)(H,52,57). The van der Waals surface area contributed by atoms with E-state index in [1.165, 1.54) is 36.0 Å². The Kier molecular flexibility index (Phi) is 10.4. The fourth-order valence-corrected chi connectivity index (χ4v) is 8.21. The lowest BCUT2D eigenvalue weighted by Crippen LogP contribution is -2.49. The van der Waals surface area contributed by atoms with Gasteiger partial charge >= 0.3 is 12.4 Å². The molecular formula is C38H32ClF10N7OS. The number of aromatic nitrogens is 3. The molecular weight excluding hydrogens is 828 g/mol. The van der Waals surface area contributed by atoms with E-state index in [0.29, 0.717) is 15.8 Å². The quantitative estimate of drug-likeness (QED) is 0.129. The maximum absolute atomic E-state index is 15.4. The molecule has 3 aliphatic rings. The lowest BCUT2D eigenvalue weighted by molar-refractivity contribution is -0.141. The molecule has 20 heteroatoms. The Morgan fingerprint density at radius 3 is 2.38 bits per heavy atom. The highest BCUT2D eigenvalue weighted by atomic mass is 35.5. The second kappa shape index (κ2) is 14.5. The fourth-order valence-electron chi connectivity index (χ4n) is 7.81. The van der Waals surface area contributed by atoms with E-state index in [0.717, 1.165) is 12.1 Å². The normalized spacial score (nSPS) is 21.6. The van der Waals surface area contributed by atoms with Crippen LogP contribution >= 0.6 is 23.4 Å². The van der Waals surface area contributed by atoms with Crippen molar-refractivity contribution in [3.63, 3.8) is 0 Å². The fraction of sp³-hybridized carbons (Fsp3) is 0.421. The molecule has 8 nitrogen and oxygen atoms in total. The molecule has 5 unspecified atom stereocenters. The average molecular weight is 860 g/mol. The lowest BCUT2D eigenvalue weighted by atomic mass is 9.92. The Balaban J connectivity index is 1.37. The minimum atomic E-state index is -5.05. The third-order valence-electron chi connectivity index (χ3n) is 10.4. The van der Waals surface area contributed by atoms with Crippen LogP contribution in [0.3, 0.4) is 0 Å². The molecule has 7 rings (SSSR count). The summed E-state index contributed by atoms with van der Waals surface area (Å²) in [6.07, 6.45) is -8.60. The zero-order valence-electron chi connectivity index (χ0n) is 30.5. The first-order valence-electron chi connectivity index (χ1n) is 17.6. The van der Waals surface area contributed by atoms with E-state index < -0.39 is 95.6 Å². The highest BCUT2D eigenvalue weighted by molar-refractivity contribution is 8.00. The third-order valence-corrected chi connectivity index (χ3v) is 11.9. The number of hydrazone groups is 1. The summed E-state index contributed by atoms with van der Waals surface area (Å²) in [4.78, 5) is 18.6. The van der Waals surface area contributed by atoms with Gasteiger partial charge in [0, 0.05) is 29.0 Å². The largest absolute Gasteiger partial charge is 0.431 e. The number of rotatable bonds is 9. The molecule has 58 heavy (non-hydrogen) atoms. The van der Waals surface area contributed by atoms with Crippen molar-refractivity contribution in [1.82, 2.24) is 25.1 Å². The SMILES string of the molecule is CSC(C)(C)C#Cc1ccc(-c2ccc(Cl)c3c(N)nn(CC(F)(F)F)c23)c(C(Cc2cc(F)cc(F)c2)NC(=O)CN2N=C(C(F)(F)F)C3C4CC4C(F)(F)C32)n1. The van der Waals surface area contributed by atoms with Crippen LogP contribution in [-0.2, 0) is 17.8 Å². The van der Waals surface area contributed by atoms with E-state index in [1.807, 2.05) is 20.1 Å². The van der Waals surface area contributed by atoms with Gasteiger partial charge < -0.3 is 11.1 Å². The molecule has 2 saturated carbocycles. The minimum Gasteiger partial charge on any atom is -0.382 e. The molecule has 0 spiro atoms. The van der Waals surface area contributed by atoms with E-state index in [4.69, 9.17) is 17.3 Å². The topological polar surface area (TPSA) is 101 Å². The molecule has 0 radical (unpaired) electrons. The van der Waals surface area contributed by atoms with E-state index in [-0.39, 0.29) is 56.2 Å². The van der Waals surface area contributed by atoms with Gasteiger partial charge in [-0.2, -0.15) is 36.5 Å². The van der Waals surface area contributed by atoms with Crippen molar-refractivity contribution in [2.24, 2.45) is 22.9 Å². The second-order valence-corrected chi connectivity index (χ2v) is 16.7. The first-order valence-corrected chi connectivity index (χ1v) is 19.2. The Morgan fingerprint density at radius 2 is 1.74 bits per heavy atom. The molecule has 5 atom stereocenters. The zero-order chi connectivity index (χ0) is 42.3. The molecule has 2 aromatic carbocycles. The Hall–Kier alpha value is -4.70. The van der Waals surface area contributed by atoms with Crippen LogP contribution in [0, 0.1) is 41.2 Å². The molecule has 0 bridgehead atoms. The van der Waals surface area contributed by atoms with Crippen LogP contribution in [-0.4, -0.2) is 73.3 Å². The number of fused-ring (bicyclic) bond motifs is 4. The van der Waals surface area contributed by atoms with Gasteiger partial charge in [0.05, 0.1) is 32.4 Å². The zero-order valence-corrected chi connectivity index (χ0v) is 32.1. The molecule has 1 aliphatic heterocycles. The van der Waals surface area contributed by atoms with Crippen LogP contribution in [0.25, 0.3) is 22.0 Å². The molecule has 0 saturated heterocycles. The van der Waals surface area contributed by atoms with Gasteiger partial charge in [-0.05, 0) is 80.7 Å². The van der Waals surface area contributed by atoms with Crippen LogP contribution in [0.15, 0.2) is 47.6 Å². The number of anilines is 1. The number of benzene rings is 2. The number of hydrogen-bond acceptors (Lipinski definition) is 7. The third kappa shape index (κ3) is 8.01. The monoisotopic (exact) mass is 859 g/mol. The van der Waals surface area contributed by atoms with Crippen molar-refractivity contribution in [3.8, 4) is 23.0 Å². The molecule has 3 heterocycles. The summed E-state index contributed by atoms with van der Waals surface area (Å²) in [6, 6.07) is 4.54. The second-order valence-electron chi connectivity index (χ2n) is 14.9. The van der Waals surface area contributed by atoms with Crippen molar-refractivity contribution >= 4 is 51.7 Å². The minimum absolute atomic E-state index is 0.0237. The number of thioether (sulfide) groups is 1. The average Bonchev–Trinajstić information content (AvgIpc) is 3.65. The number of nitrogens with zero attached hydrogens (tertiary/aromatic N) is 5. The van der Waals surface area contributed by atoms with Crippen molar-refractivity contribution in [1.29, 1.82) is 0 Å². The summed E-state index contributed by atoms with van der Waals surface area (Å²) in [5, 5.41) is 10.3. The first kappa shape index (κ1) is 41.5. The van der Waals surface area contributed by atoms with Gasteiger partial charge in [-0.25, -0.2) is 22.5 Å². The molecule has 4 aromatic rings. The number of nitrogens with one attached hydrogen (secondary N) is 1. The summed E-state index contributed by atoms with van der Waals surface area (Å²) in [6.45, 7) is 0.967. The van der Waals surface area contributed by atoms with Gasteiger partial charge in [-0.3, -0.25) is 14.5 Å². The van der Waals surface area contributed by atoms with Crippen LogP contribution in [0.4, 0.5) is 49.7 Å². The number of pyridine rings is 1. The first-order chi connectivity index (χ1) is 27.0. The van der Waals surface area contributed by atoms with Crippen LogP contribution in [0.5, 0.6) is 0 Å². The van der Waals surface area contributed by atoms with Gasteiger partial charge in [0.1, 0.15) is 42.2 Å². The van der Waals surface area contributed by atoms with Crippen molar-refractivity contribution in [3.05, 3.63) is 76.1 Å². The number of hydrogen-bond donors (Lipinski definition) is 2. The van der Waals surface area contributed by atoms with Crippen LogP contribution < -0.4 is 11.1 Å². The van der Waals surface area contributed by atoms with Gasteiger partial charge in [-0.1, -0.05) is 23.6 Å².